The standard InChI is InChI=1S/C25H22N2O4/c1-28-20-12-15(13-21(29-2)25(20)30-3)14-22-27-19-9-5-8-18(24(19)31-22)17-7-4-6-16-10-11-26-23(16)17/h4-9,11-13H,10,14H2,1-3H3. The average Bonchev–Trinajstić information content (AvgIpc) is 3.44. The van der Waals surface area contributed by atoms with Crippen LogP contribution in [0.3, 0.4) is 0 Å². The fraction of sp³-hybridized carbons (Fsp3) is 0.200. The number of hydrogen-bond acceptors (Lipinski definition) is 6. The van der Waals surface area contributed by atoms with E-state index in [-0.39, 0.29) is 0 Å². The molecule has 1 aliphatic rings. The number of para-hydroxylation sites is 2. The van der Waals surface area contributed by atoms with Crippen molar-refractivity contribution >= 4 is 23.0 Å². The Morgan fingerprint density at radius 1 is 0.903 bits per heavy atom. The minimum absolute atomic E-state index is 0.496. The lowest BCUT2D eigenvalue weighted by Crippen LogP contribution is -1.97. The largest absolute Gasteiger partial charge is 0.493 e. The summed E-state index contributed by atoms with van der Waals surface area (Å²) >= 11 is 0. The van der Waals surface area contributed by atoms with Crippen molar-refractivity contribution in [3.8, 4) is 28.4 Å². The van der Waals surface area contributed by atoms with Crippen molar-refractivity contribution in [2.24, 2.45) is 4.99 Å². The first-order valence-corrected chi connectivity index (χ1v) is 10.0. The summed E-state index contributed by atoms with van der Waals surface area (Å²) in [6.45, 7) is 0. The van der Waals surface area contributed by atoms with Crippen molar-refractivity contribution in [2.45, 2.75) is 12.8 Å². The molecule has 2 heterocycles. The Bertz CT molecular complexity index is 1280. The van der Waals surface area contributed by atoms with Crippen molar-refractivity contribution in [3.05, 3.63) is 65.5 Å². The molecule has 0 amide bonds. The zero-order valence-electron chi connectivity index (χ0n) is 17.6. The van der Waals surface area contributed by atoms with Crippen LogP contribution in [0.25, 0.3) is 22.2 Å². The molecule has 0 atom stereocenters. The first-order chi connectivity index (χ1) is 15.2. The van der Waals surface area contributed by atoms with Crippen LogP contribution in [0.2, 0.25) is 0 Å². The molecular weight excluding hydrogens is 392 g/mol. The molecule has 156 valence electrons. The monoisotopic (exact) mass is 414 g/mol. The van der Waals surface area contributed by atoms with Gasteiger partial charge in [0.2, 0.25) is 5.75 Å². The second-order valence-electron chi connectivity index (χ2n) is 7.30. The van der Waals surface area contributed by atoms with E-state index in [0.717, 1.165) is 39.9 Å². The van der Waals surface area contributed by atoms with Gasteiger partial charge >= 0.3 is 0 Å². The molecule has 6 heteroatoms. The molecule has 0 saturated carbocycles. The van der Waals surface area contributed by atoms with Crippen LogP contribution in [0.4, 0.5) is 5.69 Å². The van der Waals surface area contributed by atoms with E-state index in [1.807, 2.05) is 30.5 Å². The molecule has 0 saturated heterocycles. The third-order valence-corrected chi connectivity index (χ3v) is 5.48. The first-order valence-electron chi connectivity index (χ1n) is 10.0. The highest BCUT2D eigenvalue weighted by molar-refractivity contribution is 5.96. The van der Waals surface area contributed by atoms with Crippen LogP contribution < -0.4 is 14.2 Å². The van der Waals surface area contributed by atoms with Crippen LogP contribution in [0.5, 0.6) is 17.2 Å². The van der Waals surface area contributed by atoms with Gasteiger partial charge in [0.05, 0.1) is 27.0 Å². The number of hydrogen-bond donors (Lipinski definition) is 0. The number of nitrogens with zero attached hydrogens (tertiary/aromatic N) is 2. The van der Waals surface area contributed by atoms with E-state index >= 15 is 0 Å². The number of aliphatic imine (C=N–C) groups is 1. The number of ether oxygens (including phenoxy) is 3. The molecule has 6 nitrogen and oxygen atoms in total. The maximum atomic E-state index is 6.25. The fourth-order valence-corrected chi connectivity index (χ4v) is 4.06. The lowest BCUT2D eigenvalue weighted by molar-refractivity contribution is 0.324. The van der Waals surface area contributed by atoms with Crippen LogP contribution in [-0.4, -0.2) is 32.5 Å². The molecule has 0 spiro atoms. The fourth-order valence-electron chi connectivity index (χ4n) is 4.06. The zero-order chi connectivity index (χ0) is 21.4. The predicted octanol–water partition coefficient (Wildman–Crippen LogP) is 5.37. The Labute approximate surface area is 180 Å². The van der Waals surface area contributed by atoms with E-state index in [2.05, 4.69) is 29.3 Å². The van der Waals surface area contributed by atoms with Crippen molar-refractivity contribution in [1.29, 1.82) is 0 Å². The quantitative estimate of drug-likeness (QED) is 0.424. The highest BCUT2D eigenvalue weighted by Crippen LogP contribution is 2.41. The van der Waals surface area contributed by atoms with Gasteiger partial charge in [-0.3, -0.25) is 4.99 Å². The van der Waals surface area contributed by atoms with E-state index in [1.54, 1.807) is 21.3 Å². The number of fused-ring (bicyclic) bond motifs is 2. The van der Waals surface area contributed by atoms with Crippen LogP contribution in [0, 0.1) is 0 Å². The topological polar surface area (TPSA) is 66.1 Å². The van der Waals surface area contributed by atoms with Crippen molar-refractivity contribution in [3.63, 3.8) is 0 Å². The molecule has 0 N–H and O–H groups in total. The van der Waals surface area contributed by atoms with Crippen LogP contribution in [-0.2, 0) is 12.8 Å². The van der Waals surface area contributed by atoms with Crippen molar-refractivity contribution < 1.29 is 18.6 Å². The SMILES string of the molecule is COc1cc(Cc2nc3cccc(-c4cccc5c4N=CC5)c3o2)cc(OC)c1OC. The van der Waals surface area contributed by atoms with Gasteiger partial charge < -0.3 is 18.6 Å². The van der Waals surface area contributed by atoms with Gasteiger partial charge in [0.15, 0.2) is 23.0 Å². The summed E-state index contributed by atoms with van der Waals surface area (Å²) in [4.78, 5) is 9.31. The van der Waals surface area contributed by atoms with Gasteiger partial charge in [-0.05, 0) is 29.3 Å². The summed E-state index contributed by atoms with van der Waals surface area (Å²) in [7, 11) is 4.80. The Hall–Kier alpha value is -3.80. The van der Waals surface area contributed by atoms with Gasteiger partial charge in [0, 0.05) is 30.2 Å². The Kier molecular flexibility index (Phi) is 4.82. The molecule has 1 aromatic heterocycles. The Morgan fingerprint density at radius 2 is 1.65 bits per heavy atom. The molecule has 4 aromatic rings. The van der Waals surface area contributed by atoms with Crippen LogP contribution in [0.15, 0.2) is 57.9 Å². The van der Waals surface area contributed by atoms with Crippen molar-refractivity contribution in [2.75, 3.05) is 21.3 Å². The van der Waals surface area contributed by atoms with E-state index < -0.39 is 0 Å². The highest BCUT2D eigenvalue weighted by Gasteiger charge is 2.19. The molecule has 5 rings (SSSR count). The smallest absolute Gasteiger partial charge is 0.203 e. The van der Waals surface area contributed by atoms with Crippen molar-refractivity contribution in [1.82, 2.24) is 4.98 Å². The molecular formula is C25H22N2O4. The van der Waals surface area contributed by atoms with Gasteiger partial charge in [-0.25, -0.2) is 4.98 Å². The first kappa shape index (κ1) is 19.2. The highest BCUT2D eigenvalue weighted by atomic mass is 16.5. The van der Waals surface area contributed by atoms with Gasteiger partial charge in [-0.2, -0.15) is 0 Å². The molecule has 0 fully saturated rings. The summed E-state index contributed by atoms with van der Waals surface area (Å²) in [6, 6.07) is 16.1. The number of benzene rings is 3. The maximum absolute atomic E-state index is 6.25. The van der Waals surface area contributed by atoms with E-state index in [4.69, 9.17) is 23.6 Å². The summed E-state index contributed by atoms with van der Waals surface area (Å²) < 4.78 is 22.6. The third-order valence-electron chi connectivity index (χ3n) is 5.48. The van der Waals surface area contributed by atoms with Gasteiger partial charge in [-0.1, -0.05) is 30.3 Å². The number of aromatic nitrogens is 1. The number of methoxy groups -OCH3 is 3. The summed E-state index contributed by atoms with van der Waals surface area (Å²) in [6.07, 6.45) is 3.31. The Balaban J connectivity index is 1.56. The summed E-state index contributed by atoms with van der Waals surface area (Å²) in [5, 5.41) is 0. The lowest BCUT2D eigenvalue weighted by atomic mass is 9.99. The third kappa shape index (κ3) is 3.30. The maximum Gasteiger partial charge on any atom is 0.203 e. The molecule has 0 bridgehead atoms. The van der Waals surface area contributed by atoms with Gasteiger partial charge in [-0.15, -0.1) is 0 Å². The molecule has 0 unspecified atom stereocenters. The summed E-state index contributed by atoms with van der Waals surface area (Å²) in [5.74, 6) is 2.39. The second kappa shape index (κ2) is 7.80. The minimum Gasteiger partial charge on any atom is -0.493 e. The molecule has 0 aliphatic carbocycles. The zero-order valence-corrected chi connectivity index (χ0v) is 17.6. The normalized spacial score (nSPS) is 12.2. The van der Waals surface area contributed by atoms with Gasteiger partial charge in [0.25, 0.3) is 0 Å². The van der Waals surface area contributed by atoms with Crippen LogP contribution in [0.1, 0.15) is 17.0 Å². The molecule has 1 aliphatic heterocycles. The van der Waals surface area contributed by atoms with Gasteiger partial charge in [0.1, 0.15) is 5.52 Å². The average molecular weight is 414 g/mol. The predicted molar refractivity (Wildman–Crippen MR) is 120 cm³/mol. The molecule has 31 heavy (non-hydrogen) atoms. The minimum atomic E-state index is 0.496. The number of rotatable bonds is 6. The lowest BCUT2D eigenvalue weighted by Gasteiger charge is -2.13. The van der Waals surface area contributed by atoms with Crippen LogP contribution >= 0.6 is 0 Å². The molecule has 3 aromatic carbocycles. The molecule has 0 radical (unpaired) electrons. The Morgan fingerprint density at radius 3 is 2.39 bits per heavy atom. The van der Waals surface area contributed by atoms with E-state index in [1.165, 1.54) is 5.56 Å². The second-order valence-corrected chi connectivity index (χ2v) is 7.30. The summed E-state index contributed by atoms with van der Waals surface area (Å²) in [5.41, 5.74) is 6.83. The van der Waals surface area contributed by atoms with E-state index in [9.17, 15) is 0 Å². The van der Waals surface area contributed by atoms with E-state index in [0.29, 0.717) is 29.6 Å². The number of oxazole rings is 1.